The second kappa shape index (κ2) is 5.47. The Morgan fingerprint density at radius 2 is 2.30 bits per heavy atom. The molecule has 1 aliphatic heterocycles. The van der Waals surface area contributed by atoms with Gasteiger partial charge in [0.05, 0.1) is 29.1 Å². The van der Waals surface area contributed by atoms with Crippen LogP contribution in [0.15, 0.2) is 34.7 Å². The summed E-state index contributed by atoms with van der Waals surface area (Å²) in [5, 5.41) is 9.00. The number of amides is 1. The Labute approximate surface area is 135 Å². The standard InChI is InChI=1S/C15H13N5O2S/c21-14-9-3-4-20(7-12(9)16-8-17-14)15(22)11-6-10(18-19-11)13-2-1-5-23-13/h1-2,5-6,8H,3-4,7H2,(H,18,19)(H,16,17,21). The summed E-state index contributed by atoms with van der Waals surface area (Å²) >= 11 is 1.58. The first kappa shape index (κ1) is 13.9. The topological polar surface area (TPSA) is 94.7 Å². The van der Waals surface area contributed by atoms with E-state index in [1.807, 2.05) is 17.5 Å². The predicted octanol–water partition coefficient (Wildman–Crippen LogP) is 1.42. The van der Waals surface area contributed by atoms with Crippen molar-refractivity contribution in [2.75, 3.05) is 6.54 Å². The van der Waals surface area contributed by atoms with Gasteiger partial charge in [0.15, 0.2) is 5.69 Å². The lowest BCUT2D eigenvalue weighted by atomic mass is 10.1. The third-order valence-electron chi connectivity index (χ3n) is 3.88. The van der Waals surface area contributed by atoms with Crippen LogP contribution < -0.4 is 5.56 Å². The molecule has 23 heavy (non-hydrogen) atoms. The fourth-order valence-corrected chi connectivity index (χ4v) is 3.38. The zero-order valence-electron chi connectivity index (χ0n) is 12.1. The van der Waals surface area contributed by atoms with Gasteiger partial charge in [0.2, 0.25) is 0 Å². The number of thiophene rings is 1. The van der Waals surface area contributed by atoms with Crippen molar-refractivity contribution in [1.29, 1.82) is 0 Å². The zero-order chi connectivity index (χ0) is 15.8. The average Bonchev–Trinajstić information content (AvgIpc) is 3.25. The lowest BCUT2D eigenvalue weighted by Gasteiger charge is -2.26. The Balaban J connectivity index is 1.57. The number of carbonyl (C=O) groups excluding carboxylic acids is 1. The van der Waals surface area contributed by atoms with Crippen LogP contribution in [0.4, 0.5) is 0 Å². The Kier molecular flexibility index (Phi) is 3.30. The van der Waals surface area contributed by atoms with Crippen LogP contribution in [0.25, 0.3) is 10.6 Å². The monoisotopic (exact) mass is 327 g/mol. The maximum Gasteiger partial charge on any atom is 0.274 e. The molecule has 4 heterocycles. The van der Waals surface area contributed by atoms with Crippen LogP contribution in [0, 0.1) is 0 Å². The van der Waals surface area contributed by atoms with E-state index in [0.29, 0.717) is 36.5 Å². The molecule has 0 saturated carbocycles. The van der Waals surface area contributed by atoms with Crippen LogP contribution in [0.2, 0.25) is 0 Å². The van der Waals surface area contributed by atoms with Gasteiger partial charge in [-0.15, -0.1) is 11.3 Å². The number of nitrogens with zero attached hydrogens (tertiary/aromatic N) is 3. The van der Waals surface area contributed by atoms with Crippen molar-refractivity contribution in [3.05, 3.63) is 57.2 Å². The summed E-state index contributed by atoms with van der Waals surface area (Å²) in [6.07, 6.45) is 1.88. The van der Waals surface area contributed by atoms with E-state index in [1.165, 1.54) is 6.33 Å². The SMILES string of the molecule is O=C(c1cc(-c2cccs2)[nH]n1)N1CCc2c(nc[nH]c2=O)C1. The number of fused-ring (bicyclic) bond motifs is 1. The maximum atomic E-state index is 12.6. The molecule has 7 nitrogen and oxygen atoms in total. The molecular weight excluding hydrogens is 314 g/mol. The van der Waals surface area contributed by atoms with Crippen LogP contribution in [-0.2, 0) is 13.0 Å². The minimum Gasteiger partial charge on any atom is -0.331 e. The van der Waals surface area contributed by atoms with E-state index in [-0.39, 0.29) is 11.5 Å². The van der Waals surface area contributed by atoms with E-state index in [9.17, 15) is 9.59 Å². The number of rotatable bonds is 2. The molecule has 0 aliphatic carbocycles. The molecule has 116 valence electrons. The molecule has 0 unspecified atom stereocenters. The highest BCUT2D eigenvalue weighted by molar-refractivity contribution is 7.13. The molecule has 0 radical (unpaired) electrons. The molecule has 0 saturated heterocycles. The Morgan fingerprint density at radius 3 is 3.13 bits per heavy atom. The van der Waals surface area contributed by atoms with Crippen LogP contribution >= 0.6 is 11.3 Å². The molecular formula is C15H13N5O2S. The van der Waals surface area contributed by atoms with Crippen molar-refractivity contribution < 1.29 is 4.79 Å². The molecule has 3 aromatic heterocycles. The molecule has 0 aromatic carbocycles. The second-order valence-corrected chi connectivity index (χ2v) is 6.23. The van der Waals surface area contributed by atoms with Gasteiger partial charge < -0.3 is 9.88 Å². The summed E-state index contributed by atoms with van der Waals surface area (Å²) in [6.45, 7) is 0.821. The molecule has 2 N–H and O–H groups in total. The first-order valence-electron chi connectivity index (χ1n) is 7.16. The van der Waals surface area contributed by atoms with E-state index in [1.54, 1.807) is 22.3 Å². The highest BCUT2D eigenvalue weighted by atomic mass is 32.1. The minimum atomic E-state index is -0.156. The van der Waals surface area contributed by atoms with Crippen LogP contribution in [0.5, 0.6) is 0 Å². The van der Waals surface area contributed by atoms with Gasteiger partial charge >= 0.3 is 0 Å². The molecule has 1 aliphatic rings. The number of hydrogen-bond donors (Lipinski definition) is 2. The normalized spacial score (nSPS) is 13.8. The van der Waals surface area contributed by atoms with Crippen LogP contribution in [-0.4, -0.2) is 37.5 Å². The van der Waals surface area contributed by atoms with Crippen LogP contribution in [0.1, 0.15) is 21.7 Å². The lowest BCUT2D eigenvalue weighted by molar-refractivity contribution is 0.0725. The summed E-state index contributed by atoms with van der Waals surface area (Å²) in [5.74, 6) is -0.156. The van der Waals surface area contributed by atoms with E-state index >= 15 is 0 Å². The molecule has 1 amide bonds. The number of carbonyl (C=O) groups is 1. The Bertz CT molecular complexity index is 912. The number of hydrogen-bond acceptors (Lipinski definition) is 5. The third kappa shape index (κ3) is 2.46. The minimum absolute atomic E-state index is 0.123. The molecule has 0 spiro atoms. The summed E-state index contributed by atoms with van der Waals surface area (Å²) in [4.78, 5) is 33.8. The molecule has 0 fully saturated rings. The number of aromatic amines is 2. The van der Waals surface area contributed by atoms with Gasteiger partial charge in [0, 0.05) is 12.1 Å². The van der Waals surface area contributed by atoms with Gasteiger partial charge in [0.1, 0.15) is 0 Å². The average molecular weight is 327 g/mol. The van der Waals surface area contributed by atoms with Crippen molar-refractivity contribution in [3.63, 3.8) is 0 Å². The molecule has 3 aromatic rings. The Hall–Kier alpha value is -2.74. The van der Waals surface area contributed by atoms with Gasteiger partial charge in [-0.1, -0.05) is 6.07 Å². The van der Waals surface area contributed by atoms with Gasteiger partial charge in [-0.05, 0) is 23.9 Å². The summed E-state index contributed by atoms with van der Waals surface area (Å²) in [7, 11) is 0. The number of H-pyrrole nitrogens is 2. The molecule has 0 atom stereocenters. The lowest BCUT2D eigenvalue weighted by Crippen LogP contribution is -2.39. The fourth-order valence-electron chi connectivity index (χ4n) is 2.69. The quantitative estimate of drug-likeness (QED) is 0.744. The highest BCUT2D eigenvalue weighted by Gasteiger charge is 2.25. The van der Waals surface area contributed by atoms with Gasteiger partial charge in [-0.25, -0.2) is 4.98 Å². The van der Waals surface area contributed by atoms with Crippen molar-refractivity contribution >= 4 is 17.2 Å². The van der Waals surface area contributed by atoms with Crippen molar-refractivity contribution in [1.82, 2.24) is 25.1 Å². The summed E-state index contributed by atoms with van der Waals surface area (Å²) in [6, 6.07) is 5.68. The highest BCUT2D eigenvalue weighted by Crippen LogP contribution is 2.24. The summed E-state index contributed by atoms with van der Waals surface area (Å²) < 4.78 is 0. The Morgan fingerprint density at radius 1 is 1.39 bits per heavy atom. The largest absolute Gasteiger partial charge is 0.331 e. The molecule has 0 bridgehead atoms. The van der Waals surface area contributed by atoms with Crippen molar-refractivity contribution in [2.24, 2.45) is 0 Å². The van der Waals surface area contributed by atoms with Crippen molar-refractivity contribution in [3.8, 4) is 10.6 Å². The first-order valence-corrected chi connectivity index (χ1v) is 8.04. The predicted molar refractivity (Wildman–Crippen MR) is 85.2 cm³/mol. The van der Waals surface area contributed by atoms with Gasteiger partial charge in [-0.2, -0.15) is 5.10 Å². The number of nitrogens with one attached hydrogen (secondary N) is 2. The smallest absolute Gasteiger partial charge is 0.274 e. The van der Waals surface area contributed by atoms with E-state index in [0.717, 1.165) is 10.6 Å². The molecule has 4 rings (SSSR count). The zero-order valence-corrected chi connectivity index (χ0v) is 12.9. The van der Waals surface area contributed by atoms with Crippen LogP contribution in [0.3, 0.4) is 0 Å². The van der Waals surface area contributed by atoms with Gasteiger partial charge in [-0.3, -0.25) is 14.7 Å². The van der Waals surface area contributed by atoms with E-state index < -0.39 is 0 Å². The van der Waals surface area contributed by atoms with Crippen molar-refractivity contribution in [2.45, 2.75) is 13.0 Å². The molecule has 8 heteroatoms. The number of aromatic nitrogens is 4. The fraction of sp³-hybridized carbons (Fsp3) is 0.200. The first-order chi connectivity index (χ1) is 11.2. The second-order valence-electron chi connectivity index (χ2n) is 5.28. The maximum absolute atomic E-state index is 12.6. The summed E-state index contributed by atoms with van der Waals surface area (Å²) in [5.41, 5.74) is 2.40. The van der Waals surface area contributed by atoms with E-state index in [2.05, 4.69) is 20.2 Å². The third-order valence-corrected chi connectivity index (χ3v) is 4.78. The van der Waals surface area contributed by atoms with E-state index in [4.69, 9.17) is 0 Å². The van der Waals surface area contributed by atoms with Gasteiger partial charge in [0.25, 0.3) is 11.5 Å².